The molecule has 134 valence electrons. The van der Waals surface area contributed by atoms with Crippen LogP contribution in [-0.4, -0.2) is 22.5 Å². The molecule has 0 saturated heterocycles. The smallest absolute Gasteiger partial charge is 0.341 e. The summed E-state index contributed by atoms with van der Waals surface area (Å²) in [6, 6.07) is 8.51. The number of nitrogens with one attached hydrogen (secondary N) is 1. The van der Waals surface area contributed by atoms with Crippen LogP contribution in [-0.2, 0) is 4.74 Å². The summed E-state index contributed by atoms with van der Waals surface area (Å²) in [5.41, 5.74) is 3.20. The van der Waals surface area contributed by atoms with Crippen molar-refractivity contribution in [1.29, 1.82) is 0 Å². The van der Waals surface area contributed by atoms with Crippen LogP contribution < -0.4 is 5.32 Å². The quantitative estimate of drug-likeness (QED) is 0.674. The molecule has 0 aliphatic rings. The van der Waals surface area contributed by atoms with Crippen molar-refractivity contribution in [2.24, 2.45) is 0 Å². The standard InChI is InChI=1S/C20H20FN3O2/c1-4-9-26-20(25)16-11-22-19-15(8-6-13(3)23-19)18(16)24-14-7-5-12(2)17(21)10-14/h5-8,10-11H,4,9H2,1-3H3,(H,22,23,24). The first-order chi connectivity index (χ1) is 12.5. The normalized spacial score (nSPS) is 10.8. The number of rotatable bonds is 5. The molecule has 0 aliphatic carbocycles. The molecular formula is C20H20FN3O2. The number of nitrogens with zero attached hydrogens (tertiary/aromatic N) is 2. The van der Waals surface area contributed by atoms with Crippen molar-refractivity contribution in [2.45, 2.75) is 27.2 Å². The van der Waals surface area contributed by atoms with E-state index in [1.807, 2.05) is 26.0 Å². The molecule has 0 saturated carbocycles. The summed E-state index contributed by atoms with van der Waals surface area (Å²) >= 11 is 0. The van der Waals surface area contributed by atoms with E-state index >= 15 is 0 Å². The van der Waals surface area contributed by atoms with Crippen LogP contribution in [0.3, 0.4) is 0 Å². The predicted octanol–water partition coefficient (Wildman–Crippen LogP) is 4.70. The van der Waals surface area contributed by atoms with E-state index < -0.39 is 5.97 Å². The van der Waals surface area contributed by atoms with Gasteiger partial charge in [0.2, 0.25) is 0 Å². The third kappa shape index (κ3) is 3.64. The lowest BCUT2D eigenvalue weighted by Gasteiger charge is -2.14. The number of aromatic nitrogens is 2. The fourth-order valence-corrected chi connectivity index (χ4v) is 2.55. The number of halogens is 1. The second-order valence-electron chi connectivity index (χ2n) is 6.10. The molecule has 0 radical (unpaired) electrons. The van der Waals surface area contributed by atoms with Gasteiger partial charge in [-0.25, -0.2) is 19.2 Å². The van der Waals surface area contributed by atoms with Gasteiger partial charge in [0, 0.05) is 23.0 Å². The van der Waals surface area contributed by atoms with E-state index in [1.54, 1.807) is 19.1 Å². The first-order valence-electron chi connectivity index (χ1n) is 8.46. The third-order valence-electron chi connectivity index (χ3n) is 3.97. The van der Waals surface area contributed by atoms with Gasteiger partial charge in [0.15, 0.2) is 5.65 Å². The fraction of sp³-hybridized carbons (Fsp3) is 0.250. The summed E-state index contributed by atoms with van der Waals surface area (Å²) < 4.78 is 19.2. The van der Waals surface area contributed by atoms with Crippen LogP contribution in [0.4, 0.5) is 15.8 Å². The van der Waals surface area contributed by atoms with E-state index in [0.717, 1.165) is 12.1 Å². The zero-order valence-corrected chi connectivity index (χ0v) is 15.0. The lowest BCUT2D eigenvalue weighted by molar-refractivity contribution is 0.0506. The zero-order chi connectivity index (χ0) is 18.7. The molecule has 2 heterocycles. The molecule has 0 aliphatic heterocycles. The highest BCUT2D eigenvalue weighted by Gasteiger charge is 2.18. The third-order valence-corrected chi connectivity index (χ3v) is 3.97. The highest BCUT2D eigenvalue weighted by atomic mass is 19.1. The zero-order valence-electron chi connectivity index (χ0n) is 15.0. The van der Waals surface area contributed by atoms with Crippen LogP contribution in [0.1, 0.15) is 35.0 Å². The molecular weight excluding hydrogens is 333 g/mol. The van der Waals surface area contributed by atoms with E-state index in [2.05, 4.69) is 15.3 Å². The van der Waals surface area contributed by atoms with Gasteiger partial charge in [-0.3, -0.25) is 0 Å². The minimum absolute atomic E-state index is 0.289. The number of ether oxygens (including phenoxy) is 1. The molecule has 0 spiro atoms. The Balaban J connectivity index is 2.11. The molecule has 2 aromatic heterocycles. The van der Waals surface area contributed by atoms with Crippen LogP contribution in [0, 0.1) is 19.7 Å². The van der Waals surface area contributed by atoms with Crippen molar-refractivity contribution in [3.8, 4) is 0 Å². The highest BCUT2D eigenvalue weighted by molar-refractivity contribution is 6.05. The molecule has 0 amide bonds. The van der Waals surface area contributed by atoms with Crippen molar-refractivity contribution in [3.63, 3.8) is 0 Å². The number of anilines is 2. The summed E-state index contributed by atoms with van der Waals surface area (Å²) in [5.74, 6) is -0.797. The Bertz CT molecular complexity index is 973. The molecule has 0 bridgehead atoms. The molecule has 0 atom stereocenters. The first kappa shape index (κ1) is 17.8. The van der Waals surface area contributed by atoms with Crippen molar-refractivity contribution in [3.05, 3.63) is 59.2 Å². The maximum absolute atomic E-state index is 13.9. The average molecular weight is 353 g/mol. The monoisotopic (exact) mass is 353 g/mol. The van der Waals surface area contributed by atoms with Gasteiger partial charge in [-0.1, -0.05) is 13.0 Å². The maximum atomic E-state index is 13.9. The van der Waals surface area contributed by atoms with Crippen LogP contribution in [0.15, 0.2) is 36.5 Å². The van der Waals surface area contributed by atoms with E-state index in [-0.39, 0.29) is 11.4 Å². The summed E-state index contributed by atoms with van der Waals surface area (Å²) in [6.07, 6.45) is 2.17. The van der Waals surface area contributed by atoms with Crippen LogP contribution >= 0.6 is 0 Å². The Labute approximate surface area is 151 Å². The number of benzene rings is 1. The van der Waals surface area contributed by atoms with Gasteiger partial charge < -0.3 is 10.1 Å². The lowest BCUT2D eigenvalue weighted by Crippen LogP contribution is -2.10. The van der Waals surface area contributed by atoms with Gasteiger partial charge in [0.25, 0.3) is 0 Å². The highest BCUT2D eigenvalue weighted by Crippen LogP contribution is 2.29. The van der Waals surface area contributed by atoms with Crippen LogP contribution in [0.2, 0.25) is 0 Å². The largest absolute Gasteiger partial charge is 0.462 e. The molecule has 5 nitrogen and oxygen atoms in total. The molecule has 1 N–H and O–H groups in total. The second kappa shape index (κ2) is 7.47. The predicted molar refractivity (Wildman–Crippen MR) is 99.3 cm³/mol. The number of aryl methyl sites for hydroxylation is 2. The molecule has 0 unspecified atom stereocenters. The molecule has 0 fully saturated rings. The van der Waals surface area contributed by atoms with Crippen LogP contribution in [0.5, 0.6) is 0 Å². The number of carbonyl (C=O) groups is 1. The first-order valence-corrected chi connectivity index (χ1v) is 8.46. The van der Waals surface area contributed by atoms with Gasteiger partial charge >= 0.3 is 5.97 Å². The molecule has 26 heavy (non-hydrogen) atoms. The van der Waals surface area contributed by atoms with E-state index in [1.165, 1.54) is 12.3 Å². The molecule has 1 aromatic carbocycles. The van der Waals surface area contributed by atoms with Crippen molar-refractivity contribution < 1.29 is 13.9 Å². The van der Waals surface area contributed by atoms with E-state index in [4.69, 9.17) is 4.74 Å². The summed E-state index contributed by atoms with van der Waals surface area (Å²) in [6.45, 7) is 5.81. The fourth-order valence-electron chi connectivity index (χ4n) is 2.55. The molecule has 6 heteroatoms. The Hall–Kier alpha value is -3.02. The van der Waals surface area contributed by atoms with Crippen molar-refractivity contribution in [1.82, 2.24) is 9.97 Å². The number of hydrogen-bond donors (Lipinski definition) is 1. The summed E-state index contributed by atoms with van der Waals surface area (Å²) in [4.78, 5) is 21.1. The van der Waals surface area contributed by atoms with Gasteiger partial charge in [-0.05, 0) is 50.1 Å². The van der Waals surface area contributed by atoms with Gasteiger partial charge in [-0.15, -0.1) is 0 Å². The SMILES string of the molecule is CCCOC(=O)c1cnc2nc(C)ccc2c1Nc1ccc(C)c(F)c1. The minimum atomic E-state index is -0.475. The number of carbonyl (C=O) groups excluding carboxylic acids is 1. The summed E-state index contributed by atoms with van der Waals surface area (Å²) in [5, 5.41) is 3.81. The number of esters is 1. The molecule has 3 rings (SSSR count). The van der Waals surface area contributed by atoms with Gasteiger partial charge in [0.1, 0.15) is 11.4 Å². The molecule has 3 aromatic rings. The minimum Gasteiger partial charge on any atom is -0.462 e. The van der Waals surface area contributed by atoms with Crippen molar-refractivity contribution >= 4 is 28.4 Å². The van der Waals surface area contributed by atoms with Crippen molar-refractivity contribution in [2.75, 3.05) is 11.9 Å². The Kier molecular flexibility index (Phi) is 5.11. The second-order valence-corrected chi connectivity index (χ2v) is 6.10. The lowest BCUT2D eigenvalue weighted by atomic mass is 10.1. The summed E-state index contributed by atoms with van der Waals surface area (Å²) in [7, 11) is 0. The number of pyridine rings is 2. The van der Waals surface area contributed by atoms with Crippen LogP contribution in [0.25, 0.3) is 11.0 Å². The Morgan fingerprint density at radius 3 is 2.77 bits per heavy atom. The Morgan fingerprint density at radius 1 is 1.23 bits per heavy atom. The number of hydrogen-bond acceptors (Lipinski definition) is 5. The van der Waals surface area contributed by atoms with E-state index in [0.29, 0.717) is 34.6 Å². The van der Waals surface area contributed by atoms with Gasteiger partial charge in [-0.2, -0.15) is 0 Å². The maximum Gasteiger partial charge on any atom is 0.341 e. The average Bonchev–Trinajstić information content (AvgIpc) is 2.62. The number of fused-ring (bicyclic) bond motifs is 1. The Morgan fingerprint density at radius 2 is 2.04 bits per heavy atom. The van der Waals surface area contributed by atoms with Gasteiger partial charge in [0.05, 0.1) is 12.3 Å². The topological polar surface area (TPSA) is 64.1 Å². The van der Waals surface area contributed by atoms with E-state index in [9.17, 15) is 9.18 Å².